The van der Waals surface area contributed by atoms with Crippen molar-refractivity contribution in [1.29, 1.82) is 0 Å². The van der Waals surface area contributed by atoms with E-state index in [4.69, 9.17) is 0 Å². The molecule has 2 aliphatic rings. The number of nitrogens with zero attached hydrogens (tertiary/aromatic N) is 3. The van der Waals surface area contributed by atoms with Crippen molar-refractivity contribution in [2.45, 2.75) is 43.7 Å². The molecule has 26 heavy (non-hydrogen) atoms. The van der Waals surface area contributed by atoms with Crippen molar-refractivity contribution in [2.24, 2.45) is 0 Å². The van der Waals surface area contributed by atoms with Crippen LogP contribution >= 0.6 is 0 Å². The Bertz CT molecular complexity index is 925. The Kier molecular flexibility index (Phi) is 3.62. The van der Waals surface area contributed by atoms with E-state index < -0.39 is 0 Å². The highest BCUT2D eigenvalue weighted by Crippen LogP contribution is 2.40. The number of carbonyl (C=O) groups excluding carboxylic acids is 1. The van der Waals surface area contributed by atoms with E-state index in [0.29, 0.717) is 11.6 Å². The average molecular weight is 347 g/mol. The smallest absolute Gasteiger partial charge is 0.272 e. The molecular weight excluding hydrogens is 326 g/mol. The summed E-state index contributed by atoms with van der Waals surface area (Å²) in [6.45, 7) is 0. The number of rotatable bonds is 4. The average Bonchev–Trinajstić information content (AvgIpc) is 3.17. The lowest BCUT2D eigenvalue weighted by Gasteiger charge is -2.34. The Morgan fingerprint density at radius 2 is 2.12 bits per heavy atom. The van der Waals surface area contributed by atoms with E-state index in [1.807, 2.05) is 24.7 Å². The molecule has 0 spiro atoms. The van der Waals surface area contributed by atoms with Crippen LogP contribution in [0, 0.1) is 0 Å². The van der Waals surface area contributed by atoms with Crippen LogP contribution in [0.1, 0.15) is 64.6 Å². The van der Waals surface area contributed by atoms with Crippen molar-refractivity contribution in [2.75, 3.05) is 0 Å². The topological polar surface area (TPSA) is 75.6 Å². The van der Waals surface area contributed by atoms with Crippen molar-refractivity contribution < 1.29 is 4.79 Å². The predicted octanol–water partition coefficient (Wildman–Crippen LogP) is 3.14. The Hall–Kier alpha value is -2.89. The molecule has 1 saturated carbocycles. The van der Waals surface area contributed by atoms with Gasteiger partial charge >= 0.3 is 0 Å². The van der Waals surface area contributed by atoms with Crippen LogP contribution in [0.3, 0.4) is 0 Å². The molecule has 2 aliphatic carbocycles. The van der Waals surface area contributed by atoms with Crippen molar-refractivity contribution in [1.82, 2.24) is 25.1 Å². The maximum atomic E-state index is 12.9. The summed E-state index contributed by atoms with van der Waals surface area (Å²) in [6, 6.07) is 10.3. The van der Waals surface area contributed by atoms with E-state index in [1.165, 1.54) is 24.0 Å². The molecule has 0 radical (unpaired) electrons. The number of amides is 1. The third-order valence-electron chi connectivity index (χ3n) is 5.53. The van der Waals surface area contributed by atoms with Gasteiger partial charge in [0.1, 0.15) is 5.69 Å². The van der Waals surface area contributed by atoms with Crippen LogP contribution in [0.15, 0.2) is 49.1 Å². The Morgan fingerprint density at radius 1 is 1.23 bits per heavy atom. The number of imidazole rings is 1. The van der Waals surface area contributed by atoms with E-state index in [9.17, 15) is 4.79 Å². The van der Waals surface area contributed by atoms with Gasteiger partial charge in [-0.1, -0.05) is 24.3 Å². The molecular formula is C20H21N5O. The van der Waals surface area contributed by atoms with Crippen LogP contribution in [0.25, 0.3) is 0 Å². The second-order valence-corrected chi connectivity index (χ2v) is 7.25. The highest BCUT2D eigenvalue weighted by Gasteiger charge is 2.33. The monoisotopic (exact) mass is 347 g/mol. The van der Waals surface area contributed by atoms with E-state index in [1.54, 1.807) is 6.20 Å². The molecule has 2 N–H and O–H groups in total. The molecule has 0 aliphatic heterocycles. The minimum atomic E-state index is -0.125. The van der Waals surface area contributed by atoms with Gasteiger partial charge < -0.3 is 9.88 Å². The number of nitrogens with one attached hydrogen (secondary N) is 2. The predicted molar refractivity (Wildman–Crippen MR) is 96.8 cm³/mol. The lowest BCUT2D eigenvalue weighted by molar-refractivity contribution is 0.0913. The van der Waals surface area contributed by atoms with Crippen molar-refractivity contribution in [3.05, 3.63) is 71.6 Å². The number of H-pyrrole nitrogens is 1. The normalized spacial score (nSPS) is 22.0. The number of carbonyl (C=O) groups is 1. The standard InChI is InChI=1S/C20H21N5O/c26-20(17-11-16(23-24-17)14-5-6-14)22-19-15-4-2-1-3-13(15)7-8-18(19)25-10-9-21-12-25/h1-4,9-12,14,18-19H,5-8H2,(H,22,26)(H,23,24)/t18-,19+/m0/s1. The molecule has 1 fully saturated rings. The van der Waals surface area contributed by atoms with Gasteiger partial charge in [-0.2, -0.15) is 5.10 Å². The number of fused-ring (bicyclic) bond motifs is 1. The summed E-state index contributed by atoms with van der Waals surface area (Å²) >= 11 is 0. The van der Waals surface area contributed by atoms with Gasteiger partial charge in [-0.3, -0.25) is 9.89 Å². The van der Waals surface area contributed by atoms with Crippen LogP contribution in [-0.2, 0) is 6.42 Å². The van der Waals surface area contributed by atoms with Crippen LogP contribution in [-0.4, -0.2) is 25.7 Å². The SMILES string of the molecule is O=C(N[C@@H]1c2ccccc2CC[C@@H]1n1ccnc1)c1cc(C2CC2)[nH]n1. The molecule has 3 aromatic rings. The Labute approximate surface area is 151 Å². The summed E-state index contributed by atoms with van der Waals surface area (Å²) in [5.41, 5.74) is 4.03. The van der Waals surface area contributed by atoms with Gasteiger partial charge in [-0.15, -0.1) is 0 Å². The second-order valence-electron chi connectivity index (χ2n) is 7.25. The third kappa shape index (κ3) is 2.71. The number of benzene rings is 1. The molecule has 1 amide bonds. The first kappa shape index (κ1) is 15.4. The van der Waals surface area contributed by atoms with E-state index in [0.717, 1.165) is 18.5 Å². The summed E-state index contributed by atoms with van der Waals surface area (Å²) in [5.74, 6) is 0.429. The fraction of sp³-hybridized carbons (Fsp3) is 0.350. The van der Waals surface area contributed by atoms with E-state index >= 15 is 0 Å². The maximum absolute atomic E-state index is 12.9. The first-order chi connectivity index (χ1) is 12.8. The molecule has 2 atom stereocenters. The first-order valence-electron chi connectivity index (χ1n) is 9.21. The van der Waals surface area contributed by atoms with E-state index in [-0.39, 0.29) is 18.0 Å². The van der Waals surface area contributed by atoms with Crippen LogP contribution in [0.4, 0.5) is 0 Å². The fourth-order valence-corrected chi connectivity index (χ4v) is 3.97. The summed E-state index contributed by atoms with van der Waals surface area (Å²) in [5, 5.41) is 10.5. The molecule has 1 aromatic carbocycles. The summed E-state index contributed by atoms with van der Waals surface area (Å²) in [6.07, 6.45) is 9.92. The zero-order chi connectivity index (χ0) is 17.5. The number of hydrogen-bond acceptors (Lipinski definition) is 3. The number of aromatic nitrogens is 4. The van der Waals surface area contributed by atoms with Crippen LogP contribution in [0.5, 0.6) is 0 Å². The van der Waals surface area contributed by atoms with Gasteiger partial charge in [0.2, 0.25) is 0 Å². The highest BCUT2D eigenvalue weighted by atomic mass is 16.2. The lowest BCUT2D eigenvalue weighted by Crippen LogP contribution is -2.37. The minimum absolute atomic E-state index is 0.0947. The largest absolute Gasteiger partial charge is 0.342 e. The highest BCUT2D eigenvalue weighted by molar-refractivity contribution is 5.92. The molecule has 132 valence electrons. The van der Waals surface area contributed by atoms with Gasteiger partial charge in [0.25, 0.3) is 5.91 Å². The first-order valence-corrected chi connectivity index (χ1v) is 9.21. The fourth-order valence-electron chi connectivity index (χ4n) is 3.97. The number of aryl methyl sites for hydroxylation is 1. The van der Waals surface area contributed by atoms with Crippen LogP contribution in [0.2, 0.25) is 0 Å². The molecule has 2 heterocycles. The minimum Gasteiger partial charge on any atom is -0.342 e. The van der Waals surface area contributed by atoms with E-state index in [2.05, 4.69) is 43.3 Å². The Morgan fingerprint density at radius 3 is 2.92 bits per heavy atom. The van der Waals surface area contributed by atoms with Crippen LogP contribution < -0.4 is 5.32 Å². The molecule has 5 rings (SSSR count). The molecule has 6 heteroatoms. The lowest BCUT2D eigenvalue weighted by atomic mass is 9.83. The molecule has 0 bridgehead atoms. The van der Waals surface area contributed by atoms with Gasteiger partial charge in [-0.05, 0) is 42.9 Å². The van der Waals surface area contributed by atoms with Crippen molar-refractivity contribution in [3.63, 3.8) is 0 Å². The van der Waals surface area contributed by atoms with Crippen molar-refractivity contribution >= 4 is 5.91 Å². The second kappa shape index (κ2) is 6.12. The Balaban J connectivity index is 1.45. The summed E-state index contributed by atoms with van der Waals surface area (Å²) < 4.78 is 2.10. The quantitative estimate of drug-likeness (QED) is 0.761. The number of aromatic amines is 1. The maximum Gasteiger partial charge on any atom is 0.272 e. The zero-order valence-electron chi connectivity index (χ0n) is 14.4. The van der Waals surface area contributed by atoms with Gasteiger partial charge in [0.15, 0.2) is 0 Å². The molecule has 6 nitrogen and oxygen atoms in total. The van der Waals surface area contributed by atoms with Gasteiger partial charge in [0.05, 0.1) is 18.4 Å². The molecule has 0 saturated heterocycles. The number of hydrogen-bond donors (Lipinski definition) is 2. The van der Waals surface area contributed by atoms with Gasteiger partial charge in [0, 0.05) is 24.0 Å². The van der Waals surface area contributed by atoms with Crippen molar-refractivity contribution in [3.8, 4) is 0 Å². The van der Waals surface area contributed by atoms with Gasteiger partial charge in [-0.25, -0.2) is 4.98 Å². The zero-order valence-corrected chi connectivity index (χ0v) is 14.4. The molecule has 0 unspecified atom stereocenters. The summed E-state index contributed by atoms with van der Waals surface area (Å²) in [4.78, 5) is 17.1. The third-order valence-corrected chi connectivity index (χ3v) is 5.53. The summed E-state index contributed by atoms with van der Waals surface area (Å²) in [7, 11) is 0. The molecule has 2 aromatic heterocycles.